The molecule has 0 radical (unpaired) electrons. The Kier molecular flexibility index (Phi) is 6.47. The molecule has 2 nitrogen and oxygen atoms in total. The topological polar surface area (TPSA) is 15.3 Å². The summed E-state index contributed by atoms with van der Waals surface area (Å²) in [6.07, 6.45) is -4.67. The van der Waals surface area contributed by atoms with Crippen LogP contribution in [0.2, 0.25) is 0 Å². The Bertz CT molecular complexity index is 520. The minimum Gasteiger partial charge on any atom is -0.314 e. The maximum Gasteiger partial charge on any atom is 0.419 e. The van der Waals surface area contributed by atoms with Crippen LogP contribution in [0, 0.1) is 11.2 Å². The molecule has 1 N–H and O–H groups in total. The molecule has 0 saturated carbocycles. The number of halogens is 5. The van der Waals surface area contributed by atoms with Crippen molar-refractivity contribution in [2.24, 2.45) is 5.41 Å². The van der Waals surface area contributed by atoms with Gasteiger partial charge in [-0.05, 0) is 11.5 Å². The second kappa shape index (κ2) is 7.36. The first kappa shape index (κ1) is 20.2. The van der Waals surface area contributed by atoms with E-state index in [9.17, 15) is 17.6 Å². The van der Waals surface area contributed by atoms with Crippen LogP contribution in [0.25, 0.3) is 0 Å². The number of alkyl halides is 3. The predicted molar refractivity (Wildman–Crippen MR) is 85.3 cm³/mol. The largest absolute Gasteiger partial charge is 0.419 e. The van der Waals surface area contributed by atoms with Crippen molar-refractivity contribution in [1.29, 1.82) is 0 Å². The average molecular weight is 355 g/mol. The Balaban J connectivity index is 0.00000264. The molecule has 2 rings (SSSR count). The van der Waals surface area contributed by atoms with Gasteiger partial charge in [-0.2, -0.15) is 13.2 Å². The summed E-state index contributed by atoms with van der Waals surface area (Å²) in [7, 11) is 0. The monoisotopic (exact) mass is 354 g/mol. The Morgan fingerprint density at radius 3 is 2.13 bits per heavy atom. The molecule has 0 bridgehead atoms. The zero-order valence-corrected chi connectivity index (χ0v) is 14.3. The molecule has 1 aromatic rings. The number of hydrogen-bond donors (Lipinski definition) is 1. The maximum absolute atomic E-state index is 14.5. The quantitative estimate of drug-likeness (QED) is 0.798. The van der Waals surface area contributed by atoms with Crippen LogP contribution in [0.15, 0.2) is 18.2 Å². The third kappa shape index (κ3) is 4.58. The highest BCUT2D eigenvalue weighted by Gasteiger charge is 2.39. The first-order valence-electron chi connectivity index (χ1n) is 7.43. The molecule has 0 spiro atoms. The highest BCUT2D eigenvalue weighted by molar-refractivity contribution is 5.85. The van der Waals surface area contributed by atoms with E-state index >= 15 is 0 Å². The van der Waals surface area contributed by atoms with Crippen LogP contribution in [0.3, 0.4) is 0 Å². The minimum absolute atomic E-state index is 0. The van der Waals surface area contributed by atoms with E-state index in [1.165, 1.54) is 12.1 Å². The Hall–Kier alpha value is -0.850. The fourth-order valence-electron chi connectivity index (χ4n) is 3.13. The van der Waals surface area contributed by atoms with Gasteiger partial charge in [0.1, 0.15) is 5.82 Å². The molecule has 1 atom stereocenters. The van der Waals surface area contributed by atoms with Crippen molar-refractivity contribution in [2.45, 2.75) is 33.0 Å². The van der Waals surface area contributed by atoms with Crippen LogP contribution in [-0.4, -0.2) is 31.1 Å². The van der Waals surface area contributed by atoms with Gasteiger partial charge in [-0.1, -0.05) is 32.9 Å². The molecule has 0 aromatic heterocycles. The van der Waals surface area contributed by atoms with Gasteiger partial charge in [0.05, 0.1) is 5.56 Å². The molecular formula is C16H23ClF4N2. The molecule has 1 aromatic carbocycles. The standard InChI is InChI=1S/C16H22F4N2.ClH/c1-15(2,3)14(22-9-7-21-8-10-22)11-5-4-6-12(13(11)17)16(18,19)20;/h4-6,14,21H,7-10H2,1-3H3;1H/t14-;/m0./s1. The molecule has 0 aliphatic carbocycles. The van der Waals surface area contributed by atoms with Crippen LogP contribution < -0.4 is 5.32 Å². The van der Waals surface area contributed by atoms with Gasteiger partial charge in [0, 0.05) is 37.8 Å². The molecule has 0 unspecified atom stereocenters. The van der Waals surface area contributed by atoms with Crippen molar-refractivity contribution >= 4 is 12.4 Å². The lowest BCUT2D eigenvalue weighted by Crippen LogP contribution is -2.48. The van der Waals surface area contributed by atoms with Crippen LogP contribution in [0.1, 0.15) is 37.9 Å². The smallest absolute Gasteiger partial charge is 0.314 e. The average Bonchev–Trinajstić information content (AvgIpc) is 2.39. The summed E-state index contributed by atoms with van der Waals surface area (Å²) in [6, 6.07) is 3.18. The van der Waals surface area contributed by atoms with E-state index in [-0.39, 0.29) is 23.4 Å². The normalized spacial score (nSPS) is 18.4. The minimum atomic E-state index is -4.67. The Morgan fingerprint density at radius 1 is 1.09 bits per heavy atom. The van der Waals surface area contributed by atoms with E-state index in [2.05, 4.69) is 10.2 Å². The summed E-state index contributed by atoms with van der Waals surface area (Å²) >= 11 is 0. The predicted octanol–water partition coefficient (Wildman–Crippen LogP) is 4.26. The van der Waals surface area contributed by atoms with Gasteiger partial charge in [-0.3, -0.25) is 4.90 Å². The highest BCUT2D eigenvalue weighted by atomic mass is 35.5. The van der Waals surface area contributed by atoms with Crippen LogP contribution in [0.4, 0.5) is 17.6 Å². The Labute approximate surface area is 140 Å². The number of benzene rings is 1. The SMILES string of the molecule is CC(C)(C)[C@H](c1cccc(C(F)(F)F)c1F)N1CCNCC1.Cl. The van der Waals surface area contributed by atoms with Gasteiger partial charge in [0.25, 0.3) is 0 Å². The molecule has 1 saturated heterocycles. The highest BCUT2D eigenvalue weighted by Crippen LogP contribution is 2.42. The second-order valence-electron chi connectivity index (χ2n) is 6.76. The van der Waals surface area contributed by atoms with Gasteiger partial charge < -0.3 is 5.32 Å². The van der Waals surface area contributed by atoms with Crippen molar-refractivity contribution in [3.05, 3.63) is 35.1 Å². The lowest BCUT2D eigenvalue weighted by molar-refractivity contribution is -0.140. The Morgan fingerprint density at radius 2 is 1.65 bits per heavy atom. The molecule has 1 aliphatic heterocycles. The second-order valence-corrected chi connectivity index (χ2v) is 6.76. The lowest BCUT2D eigenvalue weighted by atomic mass is 9.80. The molecular weight excluding hydrogens is 332 g/mol. The molecule has 0 amide bonds. The van der Waals surface area contributed by atoms with Gasteiger partial charge in [0.2, 0.25) is 0 Å². The van der Waals surface area contributed by atoms with E-state index in [1.54, 1.807) is 0 Å². The molecule has 7 heteroatoms. The van der Waals surface area contributed by atoms with E-state index in [0.29, 0.717) is 13.1 Å². The van der Waals surface area contributed by atoms with Gasteiger partial charge in [-0.25, -0.2) is 4.39 Å². The van der Waals surface area contributed by atoms with Crippen molar-refractivity contribution in [2.75, 3.05) is 26.2 Å². The maximum atomic E-state index is 14.5. The van der Waals surface area contributed by atoms with Crippen LogP contribution in [-0.2, 0) is 6.18 Å². The molecule has 1 heterocycles. The third-order valence-corrected chi connectivity index (χ3v) is 3.97. The van der Waals surface area contributed by atoms with E-state index in [0.717, 1.165) is 19.2 Å². The zero-order valence-electron chi connectivity index (χ0n) is 13.5. The third-order valence-electron chi connectivity index (χ3n) is 3.97. The van der Waals surface area contributed by atoms with E-state index in [1.807, 2.05) is 20.8 Å². The lowest BCUT2D eigenvalue weighted by Gasteiger charge is -2.42. The summed E-state index contributed by atoms with van der Waals surface area (Å²) in [5.74, 6) is -1.14. The number of nitrogens with one attached hydrogen (secondary N) is 1. The summed E-state index contributed by atoms with van der Waals surface area (Å²) in [5, 5.41) is 3.21. The van der Waals surface area contributed by atoms with Gasteiger partial charge >= 0.3 is 6.18 Å². The summed E-state index contributed by atoms with van der Waals surface area (Å²) in [6.45, 7) is 8.69. The van der Waals surface area contributed by atoms with Crippen molar-refractivity contribution in [3.63, 3.8) is 0 Å². The summed E-state index contributed by atoms with van der Waals surface area (Å²) < 4.78 is 53.4. The number of nitrogens with zero attached hydrogens (tertiary/aromatic N) is 1. The first-order chi connectivity index (χ1) is 10.1. The van der Waals surface area contributed by atoms with Crippen molar-refractivity contribution in [1.82, 2.24) is 10.2 Å². The van der Waals surface area contributed by atoms with E-state index < -0.39 is 23.6 Å². The molecule has 132 valence electrons. The zero-order chi connectivity index (χ0) is 16.5. The van der Waals surface area contributed by atoms with Gasteiger partial charge in [0.15, 0.2) is 0 Å². The number of rotatable bonds is 2. The fraction of sp³-hybridized carbons (Fsp3) is 0.625. The van der Waals surface area contributed by atoms with Gasteiger partial charge in [-0.15, -0.1) is 12.4 Å². The molecule has 23 heavy (non-hydrogen) atoms. The molecule has 1 fully saturated rings. The number of hydrogen-bond acceptors (Lipinski definition) is 2. The first-order valence-corrected chi connectivity index (χ1v) is 7.43. The fourth-order valence-corrected chi connectivity index (χ4v) is 3.13. The number of piperazine rings is 1. The van der Waals surface area contributed by atoms with E-state index in [4.69, 9.17) is 0 Å². The summed E-state index contributed by atoms with van der Waals surface area (Å²) in [4.78, 5) is 2.06. The summed E-state index contributed by atoms with van der Waals surface area (Å²) in [5.41, 5.74) is -1.43. The molecule has 1 aliphatic rings. The van der Waals surface area contributed by atoms with Crippen molar-refractivity contribution < 1.29 is 17.6 Å². The van der Waals surface area contributed by atoms with Crippen LogP contribution >= 0.6 is 12.4 Å². The van der Waals surface area contributed by atoms with Crippen LogP contribution in [0.5, 0.6) is 0 Å². The van der Waals surface area contributed by atoms with Crippen molar-refractivity contribution in [3.8, 4) is 0 Å².